The Morgan fingerprint density at radius 2 is 2.00 bits per heavy atom. The van der Waals surface area contributed by atoms with E-state index in [1.54, 1.807) is 6.07 Å². The van der Waals surface area contributed by atoms with E-state index in [4.69, 9.17) is 0 Å². The van der Waals surface area contributed by atoms with Gasteiger partial charge in [-0.25, -0.2) is 4.39 Å². The van der Waals surface area contributed by atoms with Gasteiger partial charge in [0.1, 0.15) is 11.5 Å². The van der Waals surface area contributed by atoms with Gasteiger partial charge in [-0.1, -0.05) is 0 Å². The first-order chi connectivity index (χ1) is 11.5. The van der Waals surface area contributed by atoms with E-state index >= 15 is 0 Å². The van der Waals surface area contributed by atoms with Crippen LogP contribution in [0, 0.1) is 21.8 Å². The largest absolute Gasteiger partial charge is 0.366 e. The van der Waals surface area contributed by atoms with Gasteiger partial charge in [-0.05, 0) is 37.9 Å². The van der Waals surface area contributed by atoms with Crippen LogP contribution in [-0.2, 0) is 0 Å². The summed E-state index contributed by atoms with van der Waals surface area (Å²) in [6.07, 6.45) is 2.17. The molecule has 0 aromatic heterocycles. The third-order valence-corrected chi connectivity index (χ3v) is 5.11. The van der Waals surface area contributed by atoms with E-state index in [9.17, 15) is 14.5 Å². The standard InChI is InChI=1S/C17H25FN4O2/c1-19-7-9-20(10-8-19)12-14-3-2-6-21(13-14)16-5-4-15(18)11-17(16)22(23)24/h4-5,11,14H,2-3,6-10,12-13H2,1H3/t14-/m1/s1. The molecule has 3 rings (SSSR count). The zero-order chi connectivity index (χ0) is 17.1. The van der Waals surface area contributed by atoms with Crippen molar-refractivity contribution in [2.45, 2.75) is 12.8 Å². The van der Waals surface area contributed by atoms with Gasteiger partial charge in [-0.15, -0.1) is 0 Å². The maximum Gasteiger partial charge on any atom is 0.295 e. The smallest absolute Gasteiger partial charge is 0.295 e. The SMILES string of the molecule is CN1CCN(C[C@H]2CCCN(c3ccc(F)cc3[N+](=O)[O-])C2)CC1. The number of rotatable bonds is 4. The third kappa shape index (κ3) is 4.02. The van der Waals surface area contributed by atoms with Crippen LogP contribution < -0.4 is 4.90 Å². The van der Waals surface area contributed by atoms with E-state index in [0.717, 1.165) is 64.7 Å². The average molecular weight is 336 g/mol. The molecule has 7 heteroatoms. The van der Waals surface area contributed by atoms with Gasteiger partial charge in [0.15, 0.2) is 0 Å². The van der Waals surface area contributed by atoms with E-state index in [2.05, 4.69) is 21.7 Å². The van der Waals surface area contributed by atoms with Crippen LogP contribution in [0.3, 0.4) is 0 Å². The second kappa shape index (κ2) is 7.44. The van der Waals surface area contributed by atoms with Gasteiger partial charge in [0, 0.05) is 45.8 Å². The van der Waals surface area contributed by atoms with Crippen LogP contribution in [0.4, 0.5) is 15.8 Å². The molecule has 0 unspecified atom stereocenters. The second-order valence-electron chi connectivity index (χ2n) is 6.95. The van der Waals surface area contributed by atoms with E-state index in [0.29, 0.717) is 11.6 Å². The quantitative estimate of drug-likeness (QED) is 0.623. The predicted octanol–water partition coefficient (Wildman–Crippen LogP) is 2.20. The number of benzene rings is 1. The lowest BCUT2D eigenvalue weighted by Crippen LogP contribution is -2.48. The minimum absolute atomic E-state index is 0.129. The molecule has 2 aliphatic heterocycles. The van der Waals surface area contributed by atoms with Gasteiger partial charge in [-0.3, -0.25) is 10.1 Å². The molecule has 0 spiro atoms. The summed E-state index contributed by atoms with van der Waals surface area (Å²) >= 11 is 0. The maximum absolute atomic E-state index is 13.4. The number of anilines is 1. The summed E-state index contributed by atoms with van der Waals surface area (Å²) in [6.45, 7) is 7.01. The zero-order valence-electron chi connectivity index (χ0n) is 14.2. The fourth-order valence-electron chi connectivity index (χ4n) is 3.74. The molecule has 0 radical (unpaired) electrons. The van der Waals surface area contributed by atoms with Gasteiger partial charge >= 0.3 is 0 Å². The molecule has 2 heterocycles. The molecule has 6 nitrogen and oxygen atoms in total. The van der Waals surface area contributed by atoms with Crippen molar-refractivity contribution in [2.75, 3.05) is 57.8 Å². The van der Waals surface area contributed by atoms with Gasteiger partial charge in [0.2, 0.25) is 0 Å². The number of nitro benzene ring substituents is 1. The van der Waals surface area contributed by atoms with Gasteiger partial charge in [0.25, 0.3) is 5.69 Å². The number of nitro groups is 1. The Labute approximate surface area is 142 Å². The molecule has 0 aliphatic carbocycles. The number of hydrogen-bond acceptors (Lipinski definition) is 5. The molecular weight excluding hydrogens is 311 g/mol. The molecule has 2 saturated heterocycles. The average Bonchev–Trinajstić information content (AvgIpc) is 2.57. The summed E-state index contributed by atoms with van der Waals surface area (Å²) in [5.41, 5.74) is 0.416. The van der Waals surface area contributed by atoms with Crippen LogP contribution in [0.25, 0.3) is 0 Å². The predicted molar refractivity (Wildman–Crippen MR) is 91.9 cm³/mol. The Morgan fingerprint density at radius 1 is 1.25 bits per heavy atom. The number of likely N-dealkylation sites (N-methyl/N-ethyl adjacent to an activating group) is 1. The minimum atomic E-state index is -0.559. The maximum atomic E-state index is 13.4. The van der Waals surface area contributed by atoms with E-state index < -0.39 is 10.7 Å². The Balaban J connectivity index is 1.66. The summed E-state index contributed by atoms with van der Waals surface area (Å²) in [6, 6.07) is 3.89. The first kappa shape index (κ1) is 17.1. The number of piperidine rings is 1. The Morgan fingerprint density at radius 3 is 2.71 bits per heavy atom. The fraction of sp³-hybridized carbons (Fsp3) is 0.647. The molecule has 0 saturated carbocycles. The number of halogens is 1. The van der Waals surface area contributed by atoms with Crippen LogP contribution in [0.1, 0.15) is 12.8 Å². The van der Waals surface area contributed by atoms with Crippen LogP contribution in [-0.4, -0.2) is 67.6 Å². The summed E-state index contributed by atoms with van der Waals surface area (Å²) in [4.78, 5) is 17.7. The lowest BCUT2D eigenvalue weighted by molar-refractivity contribution is -0.384. The Kier molecular flexibility index (Phi) is 5.30. The van der Waals surface area contributed by atoms with Gasteiger partial charge in [0.05, 0.1) is 11.0 Å². The summed E-state index contributed by atoms with van der Waals surface area (Å²) in [5, 5.41) is 11.2. The highest BCUT2D eigenvalue weighted by atomic mass is 19.1. The van der Waals surface area contributed by atoms with Gasteiger partial charge < -0.3 is 14.7 Å². The molecule has 1 aromatic carbocycles. The summed E-state index contributed by atoms with van der Waals surface area (Å²) in [5.74, 6) is -0.0525. The zero-order valence-corrected chi connectivity index (χ0v) is 14.2. The topological polar surface area (TPSA) is 52.9 Å². The van der Waals surface area contributed by atoms with Crippen molar-refractivity contribution >= 4 is 11.4 Å². The molecule has 2 fully saturated rings. The van der Waals surface area contributed by atoms with Crippen LogP contribution in [0.5, 0.6) is 0 Å². The minimum Gasteiger partial charge on any atom is -0.366 e. The molecule has 132 valence electrons. The van der Waals surface area contributed by atoms with E-state index in [1.165, 1.54) is 6.07 Å². The summed E-state index contributed by atoms with van der Waals surface area (Å²) in [7, 11) is 2.15. The number of piperazine rings is 1. The first-order valence-electron chi connectivity index (χ1n) is 8.62. The van der Waals surface area contributed by atoms with Crippen molar-refractivity contribution in [1.82, 2.24) is 9.80 Å². The highest BCUT2D eigenvalue weighted by Crippen LogP contribution is 2.32. The highest BCUT2D eigenvalue weighted by Gasteiger charge is 2.27. The van der Waals surface area contributed by atoms with Crippen LogP contribution in [0.15, 0.2) is 18.2 Å². The lowest BCUT2D eigenvalue weighted by atomic mass is 9.96. The molecular formula is C17H25FN4O2. The molecule has 0 N–H and O–H groups in total. The molecule has 0 bridgehead atoms. The van der Waals surface area contributed by atoms with Crippen molar-refractivity contribution in [2.24, 2.45) is 5.92 Å². The fourth-order valence-corrected chi connectivity index (χ4v) is 3.74. The molecule has 1 aromatic rings. The highest BCUT2D eigenvalue weighted by molar-refractivity contribution is 5.63. The van der Waals surface area contributed by atoms with Crippen molar-refractivity contribution in [3.8, 4) is 0 Å². The van der Waals surface area contributed by atoms with Crippen molar-refractivity contribution < 1.29 is 9.31 Å². The van der Waals surface area contributed by atoms with Crippen molar-refractivity contribution in [3.05, 3.63) is 34.1 Å². The van der Waals surface area contributed by atoms with Crippen LogP contribution >= 0.6 is 0 Å². The van der Waals surface area contributed by atoms with E-state index in [-0.39, 0.29) is 5.69 Å². The van der Waals surface area contributed by atoms with Crippen molar-refractivity contribution in [3.63, 3.8) is 0 Å². The monoisotopic (exact) mass is 336 g/mol. The van der Waals surface area contributed by atoms with Crippen LogP contribution in [0.2, 0.25) is 0 Å². The van der Waals surface area contributed by atoms with Crippen molar-refractivity contribution in [1.29, 1.82) is 0 Å². The molecule has 1 atom stereocenters. The second-order valence-corrected chi connectivity index (χ2v) is 6.95. The summed E-state index contributed by atoms with van der Waals surface area (Å²) < 4.78 is 13.4. The molecule has 2 aliphatic rings. The number of hydrogen-bond donors (Lipinski definition) is 0. The molecule has 24 heavy (non-hydrogen) atoms. The normalized spacial score (nSPS) is 23.4. The number of nitrogens with zero attached hydrogens (tertiary/aromatic N) is 4. The Bertz CT molecular complexity index is 590. The van der Waals surface area contributed by atoms with E-state index in [1.807, 2.05) is 0 Å². The first-order valence-corrected chi connectivity index (χ1v) is 8.62. The molecule has 0 amide bonds. The Hall–Kier alpha value is -1.73. The lowest BCUT2D eigenvalue weighted by Gasteiger charge is -2.39. The third-order valence-electron chi connectivity index (χ3n) is 5.11. The van der Waals surface area contributed by atoms with Gasteiger partial charge in [-0.2, -0.15) is 0 Å².